The van der Waals surface area contributed by atoms with Crippen molar-refractivity contribution in [1.82, 2.24) is 0 Å². The first-order valence-corrected chi connectivity index (χ1v) is 4.49. The summed E-state index contributed by atoms with van der Waals surface area (Å²) in [5, 5.41) is 17.3. The van der Waals surface area contributed by atoms with Crippen molar-refractivity contribution >= 4 is 5.97 Å². The van der Waals surface area contributed by atoms with Crippen LogP contribution in [0.1, 0.15) is 11.1 Å². The highest BCUT2D eigenvalue weighted by Gasteiger charge is 2.35. The third-order valence-electron chi connectivity index (χ3n) is 2.08. The minimum atomic E-state index is -4.85. The van der Waals surface area contributed by atoms with E-state index in [9.17, 15) is 22.4 Å². The van der Waals surface area contributed by atoms with Gasteiger partial charge in [-0.3, -0.25) is 0 Å². The van der Waals surface area contributed by atoms with Gasteiger partial charge in [-0.15, -0.1) is 0 Å². The van der Waals surface area contributed by atoms with Crippen LogP contribution in [0.3, 0.4) is 0 Å². The Balaban J connectivity index is 3.07. The predicted molar refractivity (Wildman–Crippen MR) is 48.7 cm³/mol. The van der Waals surface area contributed by atoms with E-state index in [1.165, 1.54) is 0 Å². The highest BCUT2D eigenvalue weighted by Crippen LogP contribution is 2.32. The molecule has 0 aromatic heterocycles. The fourth-order valence-electron chi connectivity index (χ4n) is 1.25. The summed E-state index contributed by atoms with van der Waals surface area (Å²) in [6, 6.07) is 2.50. The van der Waals surface area contributed by atoms with Crippen LogP contribution in [0.5, 0.6) is 0 Å². The average molecular weight is 252 g/mol. The van der Waals surface area contributed by atoms with Gasteiger partial charge >= 0.3 is 12.1 Å². The van der Waals surface area contributed by atoms with Gasteiger partial charge in [0.15, 0.2) is 6.10 Å². The molecule has 2 N–H and O–H groups in total. The number of aliphatic carboxylic acids is 1. The number of aliphatic hydroxyl groups excluding tert-OH is 1. The maximum Gasteiger partial charge on any atom is 0.419 e. The molecule has 1 unspecified atom stereocenters. The Hall–Kier alpha value is -1.63. The van der Waals surface area contributed by atoms with Crippen molar-refractivity contribution in [2.45, 2.75) is 18.7 Å². The molecule has 0 bridgehead atoms. The van der Waals surface area contributed by atoms with Crippen LogP contribution < -0.4 is 0 Å². The van der Waals surface area contributed by atoms with Crippen LogP contribution >= 0.6 is 0 Å². The van der Waals surface area contributed by atoms with Crippen LogP contribution in [-0.4, -0.2) is 22.3 Å². The van der Waals surface area contributed by atoms with E-state index in [1.807, 2.05) is 0 Å². The van der Waals surface area contributed by atoms with Crippen molar-refractivity contribution in [3.63, 3.8) is 0 Å². The second-order valence-electron chi connectivity index (χ2n) is 3.33. The van der Waals surface area contributed by atoms with E-state index in [2.05, 4.69) is 0 Å². The lowest BCUT2D eigenvalue weighted by molar-refractivity contribution is -0.146. The lowest BCUT2D eigenvalue weighted by Gasteiger charge is -2.12. The molecule has 0 aliphatic carbocycles. The molecule has 0 spiro atoms. The molecule has 1 atom stereocenters. The van der Waals surface area contributed by atoms with E-state index in [4.69, 9.17) is 10.2 Å². The summed E-state index contributed by atoms with van der Waals surface area (Å²) in [6.07, 6.45) is -7.51. The van der Waals surface area contributed by atoms with E-state index in [1.54, 1.807) is 0 Å². The number of rotatable bonds is 3. The normalized spacial score (nSPS) is 13.5. The van der Waals surface area contributed by atoms with Gasteiger partial charge in [0.1, 0.15) is 5.82 Å². The first kappa shape index (κ1) is 13.4. The van der Waals surface area contributed by atoms with E-state index in [0.717, 1.165) is 12.1 Å². The minimum absolute atomic E-state index is 0.491. The van der Waals surface area contributed by atoms with Gasteiger partial charge in [-0.25, -0.2) is 9.18 Å². The zero-order chi connectivity index (χ0) is 13.2. The molecule has 0 saturated carbocycles. The fraction of sp³-hybridized carbons (Fsp3) is 0.300. The van der Waals surface area contributed by atoms with Crippen molar-refractivity contribution in [3.8, 4) is 0 Å². The third-order valence-corrected chi connectivity index (χ3v) is 2.08. The zero-order valence-electron chi connectivity index (χ0n) is 8.33. The fourth-order valence-corrected chi connectivity index (χ4v) is 1.25. The second-order valence-corrected chi connectivity index (χ2v) is 3.33. The molecule has 17 heavy (non-hydrogen) atoms. The number of carbonyl (C=O) groups is 1. The third kappa shape index (κ3) is 3.16. The summed E-state index contributed by atoms with van der Waals surface area (Å²) in [4.78, 5) is 10.3. The maximum atomic E-state index is 13.4. The number of halogens is 4. The SMILES string of the molecule is O=C(O)C(O)Cc1cccc(C(F)(F)F)c1F. The molecule has 7 heteroatoms. The Labute approximate surface area is 93.3 Å². The van der Waals surface area contributed by atoms with Crippen molar-refractivity contribution in [2.75, 3.05) is 0 Å². The smallest absolute Gasteiger partial charge is 0.419 e. The molecule has 0 amide bonds. The number of benzene rings is 1. The molecule has 0 radical (unpaired) electrons. The molecule has 1 aromatic carbocycles. The highest BCUT2D eigenvalue weighted by molar-refractivity contribution is 5.72. The summed E-state index contributed by atoms with van der Waals surface area (Å²) in [6.45, 7) is 0. The van der Waals surface area contributed by atoms with Crippen molar-refractivity contribution in [3.05, 3.63) is 35.1 Å². The van der Waals surface area contributed by atoms with E-state index in [-0.39, 0.29) is 0 Å². The Morgan fingerprint density at radius 3 is 2.41 bits per heavy atom. The molecule has 0 heterocycles. The van der Waals surface area contributed by atoms with Crippen LogP contribution in [0, 0.1) is 5.82 Å². The topological polar surface area (TPSA) is 57.5 Å². The largest absolute Gasteiger partial charge is 0.479 e. The predicted octanol–water partition coefficient (Wildman–Crippen LogP) is 1.83. The van der Waals surface area contributed by atoms with Crippen LogP contribution in [0.4, 0.5) is 17.6 Å². The van der Waals surface area contributed by atoms with Gasteiger partial charge in [0.05, 0.1) is 5.56 Å². The van der Waals surface area contributed by atoms with Crippen molar-refractivity contribution in [2.24, 2.45) is 0 Å². The minimum Gasteiger partial charge on any atom is -0.479 e. The molecule has 0 aliphatic heterocycles. The Morgan fingerprint density at radius 2 is 1.94 bits per heavy atom. The number of aliphatic hydroxyl groups is 1. The molecule has 1 aromatic rings. The van der Waals surface area contributed by atoms with Crippen LogP contribution in [-0.2, 0) is 17.4 Å². The molecule has 0 aliphatic rings. The van der Waals surface area contributed by atoms with Gasteiger partial charge in [0.25, 0.3) is 0 Å². The number of hydrogen-bond acceptors (Lipinski definition) is 2. The summed E-state index contributed by atoms with van der Waals surface area (Å²) in [7, 11) is 0. The standard InChI is InChI=1S/C10H8F4O3/c11-8-5(4-7(15)9(16)17)2-1-3-6(8)10(12,13)14/h1-3,7,15H,4H2,(H,16,17). The zero-order valence-corrected chi connectivity index (χ0v) is 8.33. The Kier molecular flexibility index (Phi) is 3.72. The second kappa shape index (κ2) is 4.70. The van der Waals surface area contributed by atoms with Crippen LogP contribution in [0.25, 0.3) is 0 Å². The number of alkyl halides is 3. The molecular weight excluding hydrogens is 244 g/mol. The van der Waals surface area contributed by atoms with Gasteiger partial charge in [-0.1, -0.05) is 12.1 Å². The summed E-state index contributed by atoms with van der Waals surface area (Å²) < 4.78 is 50.3. The maximum absolute atomic E-state index is 13.4. The first-order chi connectivity index (χ1) is 7.73. The molecule has 94 valence electrons. The lowest BCUT2D eigenvalue weighted by atomic mass is 10.0. The Morgan fingerprint density at radius 1 is 1.35 bits per heavy atom. The van der Waals surface area contributed by atoms with Gasteiger partial charge in [0, 0.05) is 6.42 Å². The molecule has 0 saturated heterocycles. The first-order valence-electron chi connectivity index (χ1n) is 4.49. The van der Waals surface area contributed by atoms with E-state index >= 15 is 0 Å². The molecular formula is C10H8F4O3. The van der Waals surface area contributed by atoms with Crippen LogP contribution in [0.15, 0.2) is 18.2 Å². The molecule has 0 fully saturated rings. The number of hydrogen-bond donors (Lipinski definition) is 2. The van der Waals surface area contributed by atoms with Gasteiger partial charge in [-0.2, -0.15) is 13.2 Å². The summed E-state index contributed by atoms with van der Waals surface area (Å²) in [5.41, 5.74) is -1.97. The molecule has 3 nitrogen and oxygen atoms in total. The van der Waals surface area contributed by atoms with Crippen LogP contribution in [0.2, 0.25) is 0 Å². The number of carboxylic acid groups (broad SMARTS) is 1. The highest BCUT2D eigenvalue weighted by atomic mass is 19.4. The van der Waals surface area contributed by atoms with Gasteiger partial charge in [-0.05, 0) is 11.6 Å². The summed E-state index contributed by atoms with van der Waals surface area (Å²) >= 11 is 0. The number of carboxylic acids is 1. The molecule has 1 rings (SSSR count). The van der Waals surface area contributed by atoms with E-state index < -0.39 is 41.6 Å². The van der Waals surface area contributed by atoms with Gasteiger partial charge < -0.3 is 10.2 Å². The van der Waals surface area contributed by atoms with Crippen molar-refractivity contribution in [1.29, 1.82) is 0 Å². The quantitative estimate of drug-likeness (QED) is 0.807. The average Bonchev–Trinajstić information content (AvgIpc) is 2.19. The Bertz CT molecular complexity index is 428. The summed E-state index contributed by atoms with van der Waals surface area (Å²) in [5.74, 6) is -3.18. The van der Waals surface area contributed by atoms with Gasteiger partial charge in [0.2, 0.25) is 0 Å². The lowest BCUT2D eigenvalue weighted by Crippen LogP contribution is -2.23. The van der Waals surface area contributed by atoms with Crippen molar-refractivity contribution < 1.29 is 32.6 Å². The monoisotopic (exact) mass is 252 g/mol. The van der Waals surface area contributed by atoms with E-state index in [0.29, 0.717) is 6.07 Å².